The minimum absolute atomic E-state index is 0.276. The van der Waals surface area contributed by atoms with Crippen molar-refractivity contribution in [1.29, 1.82) is 0 Å². The quantitative estimate of drug-likeness (QED) is 0.211. The van der Waals surface area contributed by atoms with Gasteiger partial charge >= 0.3 is 0 Å². The van der Waals surface area contributed by atoms with E-state index < -0.39 is 23.2 Å². The molecule has 3 amide bonds. The SMILES string of the molecule is COc1cccc(C(=O)N/N=C\C23c4ccccc4C(c4ccccc42)[C@@H]2C(=O)N(c4ccccc4OC)C(=O)[C@H]23)c1. The number of benzene rings is 4. The normalized spacial score (nSPS) is 23.4. The van der Waals surface area contributed by atoms with Gasteiger partial charge in [-0.3, -0.25) is 14.4 Å². The maximum absolute atomic E-state index is 14.5. The number of imide groups is 1. The zero-order valence-electron chi connectivity index (χ0n) is 23.0. The van der Waals surface area contributed by atoms with Crippen LogP contribution in [0.15, 0.2) is 102 Å². The molecule has 1 aliphatic heterocycles. The summed E-state index contributed by atoms with van der Waals surface area (Å²) in [4.78, 5) is 43.2. The molecule has 8 rings (SSSR count). The zero-order valence-corrected chi connectivity index (χ0v) is 23.0. The van der Waals surface area contributed by atoms with Crippen molar-refractivity contribution in [1.82, 2.24) is 5.43 Å². The van der Waals surface area contributed by atoms with E-state index in [1.54, 1.807) is 54.7 Å². The van der Waals surface area contributed by atoms with Crippen LogP contribution in [-0.4, -0.2) is 38.2 Å². The van der Waals surface area contributed by atoms with Crippen LogP contribution in [0.2, 0.25) is 0 Å². The van der Waals surface area contributed by atoms with Gasteiger partial charge in [0.25, 0.3) is 5.91 Å². The molecule has 208 valence electrons. The Kier molecular flexibility index (Phi) is 5.93. The van der Waals surface area contributed by atoms with Crippen molar-refractivity contribution < 1.29 is 23.9 Å². The van der Waals surface area contributed by atoms with Crippen molar-refractivity contribution >= 4 is 29.6 Å². The van der Waals surface area contributed by atoms with Crippen LogP contribution in [-0.2, 0) is 15.0 Å². The minimum atomic E-state index is -1.10. The molecule has 0 unspecified atom stereocenters. The third kappa shape index (κ3) is 3.48. The molecule has 1 heterocycles. The highest BCUT2D eigenvalue weighted by molar-refractivity contribution is 6.25. The summed E-state index contributed by atoms with van der Waals surface area (Å²) in [5.74, 6) is -1.78. The third-order valence-corrected chi connectivity index (χ3v) is 8.78. The lowest BCUT2D eigenvalue weighted by molar-refractivity contribution is -0.122. The maximum Gasteiger partial charge on any atom is 0.271 e. The van der Waals surface area contributed by atoms with Gasteiger partial charge < -0.3 is 9.47 Å². The second kappa shape index (κ2) is 9.69. The zero-order chi connectivity index (χ0) is 29.0. The van der Waals surface area contributed by atoms with Crippen molar-refractivity contribution in [2.24, 2.45) is 16.9 Å². The van der Waals surface area contributed by atoms with Crippen molar-refractivity contribution in [3.8, 4) is 11.5 Å². The van der Waals surface area contributed by atoms with E-state index in [0.29, 0.717) is 22.7 Å². The molecule has 1 N–H and O–H groups in total. The molecule has 2 atom stereocenters. The Morgan fingerprint density at radius 1 is 0.833 bits per heavy atom. The van der Waals surface area contributed by atoms with Crippen LogP contribution < -0.4 is 19.8 Å². The van der Waals surface area contributed by atoms with Crippen molar-refractivity contribution in [3.05, 3.63) is 125 Å². The molecule has 4 aliphatic rings. The fraction of sp³-hybridized carbons (Fsp3) is 0.176. The highest BCUT2D eigenvalue weighted by Crippen LogP contribution is 2.63. The van der Waals surface area contributed by atoms with Crippen LogP contribution in [0.25, 0.3) is 0 Å². The summed E-state index contributed by atoms with van der Waals surface area (Å²) in [5, 5.41) is 4.47. The Hall–Kier alpha value is -5.24. The fourth-order valence-corrected chi connectivity index (χ4v) is 7.12. The van der Waals surface area contributed by atoms with Crippen molar-refractivity contribution in [3.63, 3.8) is 0 Å². The number of nitrogens with one attached hydrogen (secondary N) is 1. The Balaban J connectivity index is 1.39. The number of carbonyl (C=O) groups is 3. The number of ether oxygens (including phenoxy) is 2. The smallest absolute Gasteiger partial charge is 0.271 e. The van der Waals surface area contributed by atoms with Gasteiger partial charge in [0.15, 0.2) is 0 Å². The molecule has 1 saturated heterocycles. The summed E-state index contributed by atoms with van der Waals surface area (Å²) >= 11 is 0. The fourth-order valence-electron chi connectivity index (χ4n) is 7.12. The van der Waals surface area contributed by atoms with Gasteiger partial charge in [-0.05, 0) is 52.6 Å². The average molecular weight is 558 g/mol. The molecule has 0 radical (unpaired) electrons. The van der Waals surface area contributed by atoms with E-state index in [4.69, 9.17) is 9.47 Å². The lowest BCUT2D eigenvalue weighted by Gasteiger charge is -2.52. The van der Waals surface area contributed by atoms with E-state index in [9.17, 15) is 14.4 Å². The highest BCUT2D eigenvalue weighted by atomic mass is 16.5. The summed E-state index contributed by atoms with van der Waals surface area (Å²) in [5.41, 5.74) is 6.10. The van der Waals surface area contributed by atoms with Gasteiger partial charge in [-0.25, -0.2) is 10.3 Å². The molecule has 0 aromatic heterocycles. The molecular weight excluding hydrogens is 530 g/mol. The summed E-state index contributed by atoms with van der Waals surface area (Å²) in [6, 6.07) is 29.6. The van der Waals surface area contributed by atoms with Gasteiger partial charge in [0.1, 0.15) is 11.5 Å². The van der Waals surface area contributed by atoms with Gasteiger partial charge in [0.2, 0.25) is 11.8 Å². The third-order valence-electron chi connectivity index (χ3n) is 8.78. The largest absolute Gasteiger partial charge is 0.497 e. The second-order valence-corrected chi connectivity index (χ2v) is 10.6. The minimum Gasteiger partial charge on any atom is -0.497 e. The average Bonchev–Trinajstić information content (AvgIpc) is 3.31. The Labute approximate surface area is 242 Å². The monoisotopic (exact) mass is 557 g/mol. The molecular formula is C34H27N3O5. The number of nitrogens with zero attached hydrogens (tertiary/aromatic N) is 2. The Bertz CT molecular complexity index is 1750. The number of hydrogen-bond acceptors (Lipinski definition) is 6. The van der Waals surface area contributed by atoms with Gasteiger partial charge in [0, 0.05) is 17.7 Å². The molecule has 4 aromatic rings. The van der Waals surface area contributed by atoms with Crippen LogP contribution in [0.4, 0.5) is 5.69 Å². The number of amides is 3. The van der Waals surface area contributed by atoms with Gasteiger partial charge in [-0.2, -0.15) is 5.10 Å². The number of methoxy groups -OCH3 is 2. The number of para-hydroxylation sites is 2. The molecule has 42 heavy (non-hydrogen) atoms. The first-order chi connectivity index (χ1) is 20.5. The van der Waals surface area contributed by atoms with Crippen LogP contribution in [0, 0.1) is 11.8 Å². The molecule has 8 heteroatoms. The lowest BCUT2D eigenvalue weighted by Crippen LogP contribution is -2.54. The molecule has 2 bridgehead atoms. The molecule has 0 spiro atoms. The van der Waals surface area contributed by atoms with Crippen LogP contribution in [0.5, 0.6) is 11.5 Å². The van der Waals surface area contributed by atoms with Crippen LogP contribution in [0.1, 0.15) is 38.5 Å². The van der Waals surface area contributed by atoms with E-state index in [0.717, 1.165) is 22.3 Å². The van der Waals surface area contributed by atoms with E-state index >= 15 is 0 Å². The summed E-state index contributed by atoms with van der Waals surface area (Å²) in [6.45, 7) is 0. The van der Waals surface area contributed by atoms with Crippen LogP contribution in [0.3, 0.4) is 0 Å². The summed E-state index contributed by atoms with van der Waals surface area (Å²) < 4.78 is 10.8. The van der Waals surface area contributed by atoms with E-state index in [1.165, 1.54) is 19.1 Å². The molecule has 8 nitrogen and oxygen atoms in total. The number of rotatable bonds is 6. The molecule has 3 aliphatic carbocycles. The van der Waals surface area contributed by atoms with E-state index in [2.05, 4.69) is 10.5 Å². The Morgan fingerprint density at radius 2 is 1.50 bits per heavy atom. The van der Waals surface area contributed by atoms with Crippen LogP contribution >= 0.6 is 0 Å². The topological polar surface area (TPSA) is 97.3 Å². The highest BCUT2D eigenvalue weighted by Gasteiger charge is 2.68. The van der Waals surface area contributed by atoms with E-state index in [1.807, 2.05) is 48.5 Å². The number of anilines is 1. The summed E-state index contributed by atoms with van der Waals surface area (Å²) in [7, 11) is 3.05. The molecule has 0 saturated carbocycles. The molecule has 1 fully saturated rings. The predicted molar refractivity (Wildman–Crippen MR) is 157 cm³/mol. The number of carbonyl (C=O) groups excluding carboxylic acids is 3. The van der Waals surface area contributed by atoms with Gasteiger partial charge in [-0.1, -0.05) is 66.7 Å². The summed E-state index contributed by atoms with van der Waals surface area (Å²) in [6.07, 6.45) is 1.65. The standard InChI is InChI=1S/C34H27N3O5/c1-41-21-11-9-10-20(18-21)31(38)36-35-19-34-24-14-5-3-12-22(24)28(23-13-4-6-15-25(23)34)29-30(34)33(40)37(32(29)39)26-16-7-8-17-27(26)42-2/h3-19,28-30H,1-2H3,(H,36,38)/b35-19-/t28?,29-,30-,34?/m0/s1. The van der Waals surface area contributed by atoms with Gasteiger partial charge in [0.05, 0.1) is 37.2 Å². The van der Waals surface area contributed by atoms with Crippen molar-refractivity contribution in [2.75, 3.05) is 19.1 Å². The molecule has 4 aromatic carbocycles. The van der Waals surface area contributed by atoms with Gasteiger partial charge in [-0.15, -0.1) is 0 Å². The number of hydrogen-bond donors (Lipinski definition) is 1. The van der Waals surface area contributed by atoms with Crippen molar-refractivity contribution in [2.45, 2.75) is 11.3 Å². The first-order valence-corrected chi connectivity index (χ1v) is 13.7. The Morgan fingerprint density at radius 3 is 2.19 bits per heavy atom. The number of hydrazone groups is 1. The lowest BCUT2D eigenvalue weighted by atomic mass is 9.47. The first-order valence-electron chi connectivity index (χ1n) is 13.7. The maximum atomic E-state index is 14.5. The first kappa shape index (κ1) is 25.7. The van der Waals surface area contributed by atoms with E-state index in [-0.39, 0.29) is 17.7 Å². The second-order valence-electron chi connectivity index (χ2n) is 10.6. The predicted octanol–water partition coefficient (Wildman–Crippen LogP) is 4.67.